The molecule has 0 aliphatic carbocycles. The van der Waals surface area contributed by atoms with Crippen LogP contribution in [-0.4, -0.2) is 81.8 Å². The predicted molar refractivity (Wildman–Crippen MR) is 143 cm³/mol. The number of hydrogen-bond acceptors (Lipinski definition) is 6. The summed E-state index contributed by atoms with van der Waals surface area (Å²) < 4.78 is 5.58. The molecule has 2 aliphatic heterocycles. The number of thiophene rings is 1. The molecular formula is C28H34N4O2S. The fourth-order valence-corrected chi connectivity index (χ4v) is 5.89. The maximum Gasteiger partial charge on any atom is 0.261 e. The van der Waals surface area contributed by atoms with Gasteiger partial charge in [0.25, 0.3) is 5.91 Å². The minimum absolute atomic E-state index is 0.00493. The Morgan fingerprint density at radius 1 is 0.943 bits per heavy atom. The lowest BCUT2D eigenvalue weighted by Gasteiger charge is -2.35. The van der Waals surface area contributed by atoms with Crippen molar-refractivity contribution in [1.82, 2.24) is 15.1 Å². The Morgan fingerprint density at radius 3 is 2.29 bits per heavy atom. The third-order valence-electron chi connectivity index (χ3n) is 6.86. The van der Waals surface area contributed by atoms with Crippen LogP contribution in [0.25, 0.3) is 11.1 Å². The molecule has 1 unspecified atom stereocenters. The van der Waals surface area contributed by atoms with Crippen LogP contribution in [0, 0.1) is 0 Å². The highest BCUT2D eigenvalue weighted by molar-refractivity contribution is 7.18. The molecule has 1 N–H and O–H groups in total. The molecule has 1 aromatic heterocycles. The Hall–Kier alpha value is -2.71. The lowest BCUT2D eigenvalue weighted by molar-refractivity contribution is 0.0911. The van der Waals surface area contributed by atoms with Crippen LogP contribution < -0.4 is 10.2 Å². The fraction of sp³-hybridized carbons (Fsp3) is 0.393. The first-order chi connectivity index (χ1) is 17.2. The van der Waals surface area contributed by atoms with E-state index in [1.807, 2.05) is 24.3 Å². The minimum atomic E-state index is -0.0544. The zero-order valence-corrected chi connectivity index (χ0v) is 21.2. The first-order valence-corrected chi connectivity index (χ1v) is 13.3. The number of ether oxygens (including phenoxy) is 1. The van der Waals surface area contributed by atoms with Crippen molar-refractivity contribution in [1.29, 1.82) is 0 Å². The van der Waals surface area contributed by atoms with Gasteiger partial charge in [0.2, 0.25) is 0 Å². The summed E-state index contributed by atoms with van der Waals surface area (Å²) in [6.45, 7) is 8.10. The molecule has 2 aliphatic rings. The number of carbonyl (C=O) groups excluding carboxylic acids is 1. The number of rotatable bonds is 7. The normalized spacial score (nSPS) is 18.4. The summed E-state index contributed by atoms with van der Waals surface area (Å²) in [5.74, 6) is -0.00493. The molecule has 1 amide bonds. The molecule has 0 saturated carbocycles. The van der Waals surface area contributed by atoms with Gasteiger partial charge in [0.15, 0.2) is 0 Å². The zero-order valence-electron chi connectivity index (χ0n) is 20.4. The van der Waals surface area contributed by atoms with Crippen LogP contribution >= 0.6 is 11.3 Å². The van der Waals surface area contributed by atoms with Crippen LogP contribution in [-0.2, 0) is 4.74 Å². The Balaban J connectivity index is 1.40. The van der Waals surface area contributed by atoms with Crippen molar-refractivity contribution < 1.29 is 9.53 Å². The van der Waals surface area contributed by atoms with Gasteiger partial charge in [0, 0.05) is 51.4 Å². The number of anilines is 1. The van der Waals surface area contributed by atoms with E-state index in [2.05, 4.69) is 69.5 Å². The number of nitrogens with one attached hydrogen (secondary N) is 1. The molecule has 184 valence electrons. The molecule has 2 aromatic carbocycles. The highest BCUT2D eigenvalue weighted by atomic mass is 32.1. The summed E-state index contributed by atoms with van der Waals surface area (Å²) in [6.07, 6.45) is 0. The first-order valence-electron chi connectivity index (χ1n) is 12.5. The van der Waals surface area contributed by atoms with Crippen molar-refractivity contribution in [2.75, 3.05) is 71.0 Å². The van der Waals surface area contributed by atoms with E-state index < -0.39 is 0 Å². The zero-order chi connectivity index (χ0) is 24.0. The van der Waals surface area contributed by atoms with Crippen molar-refractivity contribution >= 4 is 22.2 Å². The molecule has 3 heterocycles. The van der Waals surface area contributed by atoms with Gasteiger partial charge in [-0.15, -0.1) is 11.3 Å². The Bertz CT molecular complexity index is 1090. The molecule has 6 nitrogen and oxygen atoms in total. The van der Waals surface area contributed by atoms with Gasteiger partial charge in [-0.1, -0.05) is 60.7 Å². The summed E-state index contributed by atoms with van der Waals surface area (Å²) >= 11 is 1.59. The molecule has 7 heteroatoms. The predicted octanol–water partition coefficient (Wildman–Crippen LogP) is 3.97. The van der Waals surface area contributed by atoms with Crippen molar-refractivity contribution in [3.63, 3.8) is 0 Å². The minimum Gasteiger partial charge on any atom is -0.378 e. The summed E-state index contributed by atoms with van der Waals surface area (Å²) in [5, 5.41) is 4.53. The second-order valence-corrected chi connectivity index (χ2v) is 10.4. The van der Waals surface area contributed by atoms with Crippen LogP contribution in [0.15, 0.2) is 66.7 Å². The molecule has 2 saturated heterocycles. The third-order valence-corrected chi connectivity index (χ3v) is 8.06. The fourth-order valence-electron chi connectivity index (χ4n) is 4.76. The van der Waals surface area contributed by atoms with E-state index in [4.69, 9.17) is 4.74 Å². The highest BCUT2D eigenvalue weighted by Crippen LogP contribution is 2.39. The van der Waals surface area contributed by atoms with Crippen LogP contribution in [0.2, 0.25) is 0 Å². The molecule has 5 rings (SSSR count). The van der Waals surface area contributed by atoms with Gasteiger partial charge in [0.05, 0.1) is 29.1 Å². The molecule has 2 fully saturated rings. The summed E-state index contributed by atoms with van der Waals surface area (Å²) in [7, 11) is 2.17. The lowest BCUT2D eigenvalue weighted by atomic mass is 10.1. The van der Waals surface area contributed by atoms with E-state index in [0.717, 1.165) is 85.6 Å². The standard InChI is InChI=1S/C28H34N4O2S/c1-30-12-14-31(15-13-30)21-25(23-10-6-3-7-11-23)29-27(33)26-20-24(22-8-4-2-5-9-22)28(35-26)32-16-18-34-19-17-32/h2-11,20,25H,12-19,21H2,1H3,(H,29,33). The molecular weight excluding hydrogens is 456 g/mol. The van der Waals surface area contributed by atoms with E-state index in [-0.39, 0.29) is 11.9 Å². The van der Waals surface area contributed by atoms with Gasteiger partial charge >= 0.3 is 0 Å². The molecule has 0 bridgehead atoms. The number of morpholine rings is 1. The maximum atomic E-state index is 13.6. The average molecular weight is 491 g/mol. The quantitative estimate of drug-likeness (QED) is 0.543. The second-order valence-electron chi connectivity index (χ2n) is 9.34. The molecule has 0 spiro atoms. The van der Waals surface area contributed by atoms with Crippen molar-refractivity contribution in [3.05, 3.63) is 77.2 Å². The van der Waals surface area contributed by atoms with Gasteiger partial charge < -0.3 is 19.9 Å². The number of likely N-dealkylation sites (N-methyl/N-ethyl adjacent to an activating group) is 1. The summed E-state index contributed by atoms with van der Waals surface area (Å²) in [5.41, 5.74) is 3.41. The molecule has 35 heavy (non-hydrogen) atoms. The summed E-state index contributed by atoms with van der Waals surface area (Å²) in [4.78, 5) is 21.6. The van der Waals surface area contributed by atoms with E-state index in [1.54, 1.807) is 11.3 Å². The van der Waals surface area contributed by atoms with Gasteiger partial charge in [-0.3, -0.25) is 9.69 Å². The third kappa shape index (κ3) is 5.93. The van der Waals surface area contributed by atoms with Gasteiger partial charge in [-0.2, -0.15) is 0 Å². The molecule has 1 atom stereocenters. The monoisotopic (exact) mass is 490 g/mol. The van der Waals surface area contributed by atoms with Crippen molar-refractivity contribution in [3.8, 4) is 11.1 Å². The topological polar surface area (TPSA) is 48.0 Å². The number of amides is 1. The van der Waals surface area contributed by atoms with Gasteiger partial charge in [-0.05, 0) is 24.2 Å². The molecule has 0 radical (unpaired) electrons. The SMILES string of the molecule is CN1CCN(CC(NC(=O)c2cc(-c3ccccc3)c(N3CCOCC3)s2)c2ccccc2)CC1. The lowest BCUT2D eigenvalue weighted by Crippen LogP contribution is -2.47. The van der Waals surface area contributed by atoms with Crippen LogP contribution in [0.3, 0.4) is 0 Å². The Morgan fingerprint density at radius 2 is 1.60 bits per heavy atom. The maximum absolute atomic E-state index is 13.6. The number of nitrogens with zero attached hydrogens (tertiary/aromatic N) is 3. The number of hydrogen-bond donors (Lipinski definition) is 1. The highest BCUT2D eigenvalue weighted by Gasteiger charge is 2.25. The van der Waals surface area contributed by atoms with E-state index >= 15 is 0 Å². The number of piperazine rings is 1. The number of benzene rings is 2. The van der Waals surface area contributed by atoms with Crippen LogP contribution in [0.5, 0.6) is 0 Å². The van der Waals surface area contributed by atoms with E-state index in [0.29, 0.717) is 0 Å². The van der Waals surface area contributed by atoms with Gasteiger partial charge in [0.1, 0.15) is 0 Å². The largest absolute Gasteiger partial charge is 0.378 e. The van der Waals surface area contributed by atoms with Crippen molar-refractivity contribution in [2.45, 2.75) is 6.04 Å². The smallest absolute Gasteiger partial charge is 0.261 e. The van der Waals surface area contributed by atoms with E-state index in [1.165, 1.54) is 0 Å². The summed E-state index contributed by atoms with van der Waals surface area (Å²) in [6, 6.07) is 22.7. The van der Waals surface area contributed by atoms with E-state index in [9.17, 15) is 4.79 Å². The number of carbonyl (C=O) groups is 1. The second kappa shape index (κ2) is 11.4. The van der Waals surface area contributed by atoms with Crippen LogP contribution in [0.4, 0.5) is 5.00 Å². The van der Waals surface area contributed by atoms with Crippen LogP contribution in [0.1, 0.15) is 21.3 Å². The Labute approximate surface area is 212 Å². The van der Waals surface area contributed by atoms with Gasteiger partial charge in [-0.25, -0.2) is 0 Å². The Kier molecular flexibility index (Phi) is 7.79. The van der Waals surface area contributed by atoms with Crippen molar-refractivity contribution in [2.24, 2.45) is 0 Å². The molecule has 3 aromatic rings. The average Bonchev–Trinajstić information content (AvgIpc) is 3.37. The first kappa shape index (κ1) is 24.0.